The van der Waals surface area contributed by atoms with Crippen LogP contribution in [0.2, 0.25) is 0 Å². The van der Waals surface area contributed by atoms with Crippen molar-refractivity contribution in [2.45, 2.75) is 11.3 Å². The van der Waals surface area contributed by atoms with Crippen molar-refractivity contribution in [2.75, 3.05) is 12.3 Å². The number of rotatable bonds is 7. The Hall–Kier alpha value is -2.74. The summed E-state index contributed by atoms with van der Waals surface area (Å²) in [6, 6.07) is 13.5. The van der Waals surface area contributed by atoms with Gasteiger partial charge in [-0.2, -0.15) is 0 Å². The van der Waals surface area contributed by atoms with Crippen LogP contribution in [0.3, 0.4) is 0 Å². The van der Waals surface area contributed by atoms with E-state index in [0.717, 1.165) is 22.8 Å². The maximum Gasteiger partial charge on any atom is 0.251 e. The molecule has 0 aliphatic heterocycles. The zero-order valence-corrected chi connectivity index (χ0v) is 14.1. The molecule has 128 valence electrons. The number of benzene rings is 2. The highest BCUT2D eigenvalue weighted by Gasteiger charge is 2.06. The van der Waals surface area contributed by atoms with Gasteiger partial charge >= 0.3 is 0 Å². The van der Waals surface area contributed by atoms with Crippen molar-refractivity contribution in [1.82, 2.24) is 25.5 Å². The smallest absolute Gasteiger partial charge is 0.251 e. The highest BCUT2D eigenvalue weighted by atomic mass is 32.2. The molecule has 0 spiro atoms. The van der Waals surface area contributed by atoms with E-state index in [9.17, 15) is 9.18 Å². The fraction of sp³-hybridized carbons (Fsp3) is 0.176. The minimum absolute atomic E-state index is 0.116. The number of thioether (sulfide) groups is 1. The van der Waals surface area contributed by atoms with Gasteiger partial charge in [0.1, 0.15) is 12.1 Å². The molecule has 0 aliphatic carbocycles. The van der Waals surface area contributed by atoms with Gasteiger partial charge in [0.2, 0.25) is 0 Å². The van der Waals surface area contributed by atoms with Gasteiger partial charge in [0.15, 0.2) is 0 Å². The van der Waals surface area contributed by atoms with Gasteiger partial charge in [0, 0.05) is 17.0 Å². The number of hydrogen-bond acceptors (Lipinski definition) is 5. The number of tetrazole rings is 1. The van der Waals surface area contributed by atoms with Gasteiger partial charge < -0.3 is 5.32 Å². The van der Waals surface area contributed by atoms with E-state index in [1.165, 1.54) is 23.1 Å². The van der Waals surface area contributed by atoms with E-state index in [1.807, 2.05) is 0 Å². The average Bonchev–Trinajstić information content (AvgIpc) is 3.18. The van der Waals surface area contributed by atoms with Crippen LogP contribution in [0.1, 0.15) is 16.8 Å². The summed E-state index contributed by atoms with van der Waals surface area (Å²) < 4.78 is 14.3. The summed E-state index contributed by atoms with van der Waals surface area (Å²) in [4.78, 5) is 13.1. The molecule has 6 nitrogen and oxygen atoms in total. The van der Waals surface area contributed by atoms with Gasteiger partial charge in [0.25, 0.3) is 5.91 Å². The van der Waals surface area contributed by atoms with E-state index >= 15 is 0 Å². The van der Waals surface area contributed by atoms with Crippen LogP contribution in [-0.2, 0) is 0 Å². The molecule has 0 saturated heterocycles. The number of halogens is 1. The van der Waals surface area contributed by atoms with Crippen molar-refractivity contribution in [3.05, 3.63) is 66.2 Å². The van der Waals surface area contributed by atoms with Gasteiger partial charge in [-0.05, 0) is 71.1 Å². The van der Waals surface area contributed by atoms with E-state index < -0.39 is 0 Å². The number of nitrogens with zero attached hydrogens (tertiary/aromatic N) is 4. The topological polar surface area (TPSA) is 72.7 Å². The third-order valence-electron chi connectivity index (χ3n) is 3.43. The van der Waals surface area contributed by atoms with E-state index in [1.54, 1.807) is 48.2 Å². The second kappa shape index (κ2) is 8.39. The number of aromatic nitrogens is 4. The first kappa shape index (κ1) is 17.1. The fourth-order valence-electron chi connectivity index (χ4n) is 2.14. The van der Waals surface area contributed by atoms with Crippen LogP contribution >= 0.6 is 11.8 Å². The first-order chi connectivity index (χ1) is 12.2. The zero-order chi connectivity index (χ0) is 17.5. The molecular weight excluding hydrogens is 341 g/mol. The molecule has 25 heavy (non-hydrogen) atoms. The Balaban J connectivity index is 1.41. The molecule has 2 aromatic carbocycles. The van der Waals surface area contributed by atoms with E-state index in [4.69, 9.17) is 0 Å². The molecule has 0 unspecified atom stereocenters. The highest BCUT2D eigenvalue weighted by Crippen LogP contribution is 2.18. The predicted octanol–water partition coefficient (Wildman–Crippen LogP) is 2.71. The number of carbonyl (C=O) groups is 1. The van der Waals surface area contributed by atoms with Crippen LogP contribution in [-0.4, -0.2) is 38.4 Å². The van der Waals surface area contributed by atoms with E-state index in [0.29, 0.717) is 12.1 Å². The maximum absolute atomic E-state index is 12.8. The van der Waals surface area contributed by atoms with Crippen LogP contribution in [0.25, 0.3) is 5.69 Å². The summed E-state index contributed by atoms with van der Waals surface area (Å²) in [6.45, 7) is 0.585. The summed E-state index contributed by atoms with van der Waals surface area (Å²) in [5, 5.41) is 13.8. The van der Waals surface area contributed by atoms with Crippen LogP contribution in [0.5, 0.6) is 0 Å². The Morgan fingerprint density at radius 1 is 1.12 bits per heavy atom. The van der Waals surface area contributed by atoms with Gasteiger partial charge in [-0.25, -0.2) is 9.07 Å². The van der Waals surface area contributed by atoms with Gasteiger partial charge in [0.05, 0.1) is 5.69 Å². The molecule has 0 saturated carbocycles. The van der Waals surface area contributed by atoms with Gasteiger partial charge in [-0.15, -0.1) is 16.9 Å². The van der Waals surface area contributed by atoms with Crippen LogP contribution in [0.15, 0.2) is 59.8 Å². The molecule has 0 radical (unpaired) electrons. The predicted molar refractivity (Wildman–Crippen MR) is 93.2 cm³/mol. The second-order valence-corrected chi connectivity index (χ2v) is 6.38. The normalized spacial score (nSPS) is 10.6. The van der Waals surface area contributed by atoms with Crippen molar-refractivity contribution in [3.63, 3.8) is 0 Å². The third kappa shape index (κ3) is 4.87. The number of nitrogens with one attached hydrogen (secondary N) is 1. The van der Waals surface area contributed by atoms with Crippen LogP contribution in [0, 0.1) is 5.82 Å². The van der Waals surface area contributed by atoms with Gasteiger partial charge in [-0.1, -0.05) is 0 Å². The minimum Gasteiger partial charge on any atom is -0.352 e. The second-order valence-electron chi connectivity index (χ2n) is 5.21. The van der Waals surface area contributed by atoms with Crippen molar-refractivity contribution >= 4 is 17.7 Å². The zero-order valence-electron chi connectivity index (χ0n) is 13.3. The first-order valence-electron chi connectivity index (χ1n) is 7.72. The monoisotopic (exact) mass is 357 g/mol. The number of carbonyl (C=O) groups excluding carboxylic acids is 1. The molecule has 1 N–H and O–H groups in total. The maximum atomic E-state index is 12.8. The Kier molecular flexibility index (Phi) is 5.73. The van der Waals surface area contributed by atoms with Gasteiger partial charge in [-0.3, -0.25) is 4.79 Å². The largest absolute Gasteiger partial charge is 0.352 e. The summed E-state index contributed by atoms with van der Waals surface area (Å²) in [6.07, 6.45) is 2.32. The molecule has 0 atom stereocenters. The standard InChI is InChI=1S/C17H16FN5OS/c18-14-4-8-16(9-5-14)25-11-1-10-19-17(24)13-2-6-15(7-3-13)23-12-20-21-22-23/h2-9,12H,1,10-11H2,(H,19,24). The lowest BCUT2D eigenvalue weighted by molar-refractivity contribution is 0.0954. The van der Waals surface area contributed by atoms with Crippen LogP contribution in [0.4, 0.5) is 4.39 Å². The van der Waals surface area contributed by atoms with Crippen LogP contribution < -0.4 is 5.32 Å². The number of hydrogen-bond donors (Lipinski definition) is 1. The number of amides is 1. The summed E-state index contributed by atoms with van der Waals surface area (Å²) in [7, 11) is 0. The van der Waals surface area contributed by atoms with Crippen molar-refractivity contribution in [1.29, 1.82) is 0 Å². The Morgan fingerprint density at radius 3 is 2.56 bits per heavy atom. The Bertz CT molecular complexity index is 806. The molecule has 8 heteroatoms. The lowest BCUT2D eigenvalue weighted by Gasteiger charge is -2.06. The molecule has 1 aromatic heterocycles. The van der Waals surface area contributed by atoms with Crippen molar-refractivity contribution in [3.8, 4) is 5.69 Å². The van der Waals surface area contributed by atoms with Crippen molar-refractivity contribution in [2.24, 2.45) is 0 Å². The molecule has 3 aromatic rings. The molecule has 1 amide bonds. The molecule has 0 aliphatic rings. The molecule has 0 bridgehead atoms. The fourth-order valence-corrected chi connectivity index (χ4v) is 3.00. The van der Waals surface area contributed by atoms with E-state index in [-0.39, 0.29) is 11.7 Å². The lowest BCUT2D eigenvalue weighted by Crippen LogP contribution is -2.24. The first-order valence-corrected chi connectivity index (χ1v) is 8.71. The van der Waals surface area contributed by atoms with Crippen molar-refractivity contribution < 1.29 is 9.18 Å². The third-order valence-corrected chi connectivity index (χ3v) is 4.53. The Labute approximate surface area is 148 Å². The summed E-state index contributed by atoms with van der Waals surface area (Å²) in [5.41, 5.74) is 1.38. The molecule has 1 heterocycles. The average molecular weight is 357 g/mol. The molecule has 0 fully saturated rings. The minimum atomic E-state index is -0.234. The summed E-state index contributed by atoms with van der Waals surface area (Å²) >= 11 is 1.64. The highest BCUT2D eigenvalue weighted by molar-refractivity contribution is 7.99. The summed E-state index contributed by atoms with van der Waals surface area (Å²) in [5.74, 6) is 0.502. The van der Waals surface area contributed by atoms with E-state index in [2.05, 4.69) is 20.8 Å². The lowest BCUT2D eigenvalue weighted by atomic mass is 10.2. The quantitative estimate of drug-likeness (QED) is 0.520. The SMILES string of the molecule is O=C(NCCCSc1ccc(F)cc1)c1ccc(-n2cnnn2)cc1. The Morgan fingerprint density at radius 2 is 1.88 bits per heavy atom. The molecule has 3 rings (SSSR count). The molecular formula is C17H16FN5OS.